The van der Waals surface area contributed by atoms with Crippen molar-refractivity contribution >= 4 is 0 Å². The lowest BCUT2D eigenvalue weighted by Gasteiger charge is -2.34. The number of benzene rings is 1. The molecule has 0 amide bonds. The van der Waals surface area contributed by atoms with Crippen LogP contribution in [-0.4, -0.2) is 0 Å². The van der Waals surface area contributed by atoms with E-state index in [-0.39, 0.29) is 0 Å². The number of rotatable bonds is 2. The summed E-state index contributed by atoms with van der Waals surface area (Å²) >= 11 is 0. The van der Waals surface area contributed by atoms with Crippen LogP contribution in [0.5, 0.6) is 0 Å². The van der Waals surface area contributed by atoms with Gasteiger partial charge in [-0.3, -0.25) is 0 Å². The molecule has 0 heterocycles. The van der Waals surface area contributed by atoms with Crippen molar-refractivity contribution in [3.63, 3.8) is 0 Å². The molecular formula is C17H20. The Kier molecular flexibility index (Phi) is 2.47. The largest absolute Gasteiger partial charge is 0.0804 e. The van der Waals surface area contributed by atoms with Crippen LogP contribution in [0.4, 0.5) is 0 Å². The first-order chi connectivity index (χ1) is 8.19. The predicted molar refractivity (Wildman–Crippen MR) is 73.1 cm³/mol. The second-order valence-electron chi connectivity index (χ2n) is 5.84. The fourth-order valence-electron chi connectivity index (χ4n) is 3.46. The van der Waals surface area contributed by atoms with E-state index in [2.05, 4.69) is 56.3 Å². The van der Waals surface area contributed by atoms with E-state index >= 15 is 0 Å². The summed E-state index contributed by atoms with van der Waals surface area (Å²) in [6.45, 7) is 4.83. The summed E-state index contributed by atoms with van der Waals surface area (Å²) in [5.74, 6) is 0.699. The maximum atomic E-state index is 2.42. The Bertz CT molecular complexity index is 489. The van der Waals surface area contributed by atoms with Crippen molar-refractivity contribution in [2.75, 3.05) is 0 Å². The molecule has 1 aromatic carbocycles. The Balaban J connectivity index is 1.96. The summed E-state index contributed by atoms with van der Waals surface area (Å²) in [5.41, 5.74) is 5.05. The van der Waals surface area contributed by atoms with Gasteiger partial charge >= 0.3 is 0 Å². The lowest BCUT2D eigenvalue weighted by Crippen LogP contribution is -2.22. The SMILES string of the molecule is CC(C)(C1=CC=CC1)C1CCc2ccccc21. The summed E-state index contributed by atoms with van der Waals surface area (Å²) in [7, 11) is 0. The van der Waals surface area contributed by atoms with Gasteiger partial charge < -0.3 is 0 Å². The maximum Gasteiger partial charge on any atom is -0.00672 e. The molecule has 2 aliphatic rings. The summed E-state index contributed by atoms with van der Waals surface area (Å²) in [6, 6.07) is 8.99. The number of aryl methyl sites for hydroxylation is 1. The second kappa shape index (κ2) is 3.87. The molecule has 0 fully saturated rings. The van der Waals surface area contributed by atoms with Gasteiger partial charge in [0.25, 0.3) is 0 Å². The lowest BCUT2D eigenvalue weighted by molar-refractivity contribution is 0.342. The second-order valence-corrected chi connectivity index (χ2v) is 5.84. The Labute approximate surface area is 104 Å². The van der Waals surface area contributed by atoms with Crippen molar-refractivity contribution in [1.29, 1.82) is 0 Å². The Morgan fingerprint density at radius 2 is 2.00 bits per heavy atom. The van der Waals surface area contributed by atoms with Crippen LogP contribution in [0.25, 0.3) is 0 Å². The van der Waals surface area contributed by atoms with Crippen molar-refractivity contribution in [3.8, 4) is 0 Å². The van der Waals surface area contributed by atoms with Gasteiger partial charge in [-0.1, -0.05) is 61.9 Å². The smallest absolute Gasteiger partial charge is 0.00672 e. The molecule has 0 saturated carbocycles. The van der Waals surface area contributed by atoms with Crippen LogP contribution in [0, 0.1) is 5.41 Å². The monoisotopic (exact) mass is 224 g/mol. The molecule has 0 aromatic heterocycles. The molecule has 0 heteroatoms. The molecule has 0 N–H and O–H groups in total. The van der Waals surface area contributed by atoms with Gasteiger partial charge in [-0.25, -0.2) is 0 Å². The average Bonchev–Trinajstić information content (AvgIpc) is 2.99. The highest BCUT2D eigenvalue weighted by molar-refractivity contribution is 5.40. The van der Waals surface area contributed by atoms with Crippen LogP contribution in [0.3, 0.4) is 0 Å². The molecule has 88 valence electrons. The standard InChI is InChI=1S/C17H20/c1-17(2,14-8-4-5-9-14)16-12-11-13-7-3-6-10-15(13)16/h3-8,10,16H,9,11-12H2,1-2H3. The van der Waals surface area contributed by atoms with Crippen molar-refractivity contribution in [3.05, 3.63) is 59.2 Å². The molecule has 17 heavy (non-hydrogen) atoms. The molecule has 0 spiro atoms. The number of fused-ring (bicyclic) bond motifs is 1. The highest BCUT2D eigenvalue weighted by atomic mass is 14.4. The third kappa shape index (κ3) is 1.67. The van der Waals surface area contributed by atoms with Gasteiger partial charge in [-0.2, -0.15) is 0 Å². The molecule has 0 bridgehead atoms. The first-order valence-electron chi connectivity index (χ1n) is 6.63. The third-order valence-electron chi connectivity index (χ3n) is 4.60. The van der Waals surface area contributed by atoms with Crippen molar-refractivity contribution in [2.45, 2.75) is 39.0 Å². The van der Waals surface area contributed by atoms with Crippen LogP contribution in [0.15, 0.2) is 48.1 Å². The molecule has 0 saturated heterocycles. The number of allylic oxidation sites excluding steroid dienone is 4. The molecule has 1 aromatic rings. The average molecular weight is 224 g/mol. The van der Waals surface area contributed by atoms with Crippen molar-refractivity contribution < 1.29 is 0 Å². The van der Waals surface area contributed by atoms with Gasteiger partial charge in [-0.15, -0.1) is 0 Å². The summed E-state index contributed by atoms with van der Waals surface area (Å²) in [6.07, 6.45) is 10.5. The van der Waals surface area contributed by atoms with E-state index < -0.39 is 0 Å². The zero-order chi connectivity index (χ0) is 11.9. The molecular weight excluding hydrogens is 204 g/mol. The molecule has 3 rings (SSSR count). The van der Waals surface area contributed by atoms with Crippen molar-refractivity contribution in [2.24, 2.45) is 5.41 Å². The molecule has 0 nitrogen and oxygen atoms in total. The van der Waals surface area contributed by atoms with E-state index in [0.717, 1.165) is 6.42 Å². The lowest BCUT2D eigenvalue weighted by atomic mass is 9.70. The predicted octanol–water partition coefficient (Wildman–Crippen LogP) is 4.63. The van der Waals surface area contributed by atoms with Crippen LogP contribution >= 0.6 is 0 Å². The highest BCUT2D eigenvalue weighted by Gasteiger charge is 2.37. The molecule has 0 aliphatic heterocycles. The maximum absolute atomic E-state index is 2.42. The van der Waals surface area contributed by atoms with Crippen molar-refractivity contribution in [1.82, 2.24) is 0 Å². The Morgan fingerprint density at radius 1 is 1.18 bits per heavy atom. The van der Waals surface area contributed by atoms with Gasteiger partial charge in [0, 0.05) is 0 Å². The Morgan fingerprint density at radius 3 is 2.76 bits per heavy atom. The summed E-state index contributed by atoms with van der Waals surface area (Å²) in [4.78, 5) is 0. The summed E-state index contributed by atoms with van der Waals surface area (Å²) in [5, 5.41) is 0. The number of hydrogen-bond acceptors (Lipinski definition) is 0. The van der Waals surface area contributed by atoms with Crippen LogP contribution in [0.2, 0.25) is 0 Å². The van der Waals surface area contributed by atoms with E-state index in [0.29, 0.717) is 11.3 Å². The zero-order valence-corrected chi connectivity index (χ0v) is 10.7. The van der Waals surface area contributed by atoms with Crippen LogP contribution in [-0.2, 0) is 6.42 Å². The van der Waals surface area contributed by atoms with Gasteiger partial charge in [0.05, 0.1) is 0 Å². The van der Waals surface area contributed by atoms with Gasteiger partial charge in [0.15, 0.2) is 0 Å². The third-order valence-corrected chi connectivity index (χ3v) is 4.60. The minimum absolute atomic E-state index is 0.302. The molecule has 2 aliphatic carbocycles. The van der Waals surface area contributed by atoms with E-state index in [1.807, 2.05) is 0 Å². The fourth-order valence-corrected chi connectivity index (χ4v) is 3.46. The van der Waals surface area contributed by atoms with E-state index in [9.17, 15) is 0 Å². The van der Waals surface area contributed by atoms with Gasteiger partial charge in [-0.05, 0) is 41.7 Å². The summed E-state index contributed by atoms with van der Waals surface area (Å²) < 4.78 is 0. The zero-order valence-electron chi connectivity index (χ0n) is 10.7. The van der Waals surface area contributed by atoms with E-state index in [1.165, 1.54) is 12.8 Å². The quantitative estimate of drug-likeness (QED) is 0.687. The normalized spacial score (nSPS) is 22.7. The molecule has 0 radical (unpaired) electrons. The number of hydrogen-bond donors (Lipinski definition) is 0. The first-order valence-corrected chi connectivity index (χ1v) is 6.63. The minimum Gasteiger partial charge on any atom is -0.0804 e. The van der Waals surface area contributed by atoms with Gasteiger partial charge in [0.1, 0.15) is 0 Å². The first kappa shape index (κ1) is 10.8. The minimum atomic E-state index is 0.302. The highest BCUT2D eigenvalue weighted by Crippen LogP contribution is 2.50. The van der Waals surface area contributed by atoms with E-state index in [1.54, 1.807) is 16.7 Å². The Hall–Kier alpha value is -1.30. The molecule has 1 unspecified atom stereocenters. The molecule has 1 atom stereocenters. The van der Waals surface area contributed by atoms with E-state index in [4.69, 9.17) is 0 Å². The topological polar surface area (TPSA) is 0 Å². The fraction of sp³-hybridized carbons (Fsp3) is 0.412. The van der Waals surface area contributed by atoms with Crippen LogP contribution < -0.4 is 0 Å². The van der Waals surface area contributed by atoms with Gasteiger partial charge in [0.2, 0.25) is 0 Å². The van der Waals surface area contributed by atoms with Crippen LogP contribution in [0.1, 0.15) is 43.7 Å².